The van der Waals surface area contributed by atoms with E-state index in [9.17, 15) is 4.39 Å². The Kier molecular flexibility index (Phi) is 0.816. The van der Waals surface area contributed by atoms with Crippen LogP contribution in [0.5, 0.6) is 0 Å². The van der Waals surface area contributed by atoms with E-state index in [4.69, 9.17) is 9.85 Å². The fraction of sp³-hybridized carbons (Fsp3) is 0.125. The molecule has 1 aromatic heterocycles. The number of aryl methyl sites for hydroxylation is 1. The van der Waals surface area contributed by atoms with Crippen LogP contribution in [0.4, 0.5) is 10.1 Å². The number of hydrogen-bond donors (Lipinski definition) is 1. The second kappa shape index (κ2) is 2.20. The highest BCUT2D eigenvalue weighted by atomic mass is 19.1. The smallest absolute Gasteiger partial charge is 0.173 e. The molecule has 0 amide bonds. The summed E-state index contributed by atoms with van der Waals surface area (Å²) in [4.78, 5) is 3.69. The van der Waals surface area contributed by atoms with Crippen LogP contribution in [0.15, 0.2) is 18.5 Å². The topological polar surface area (TPSA) is 43.8 Å². The first kappa shape index (κ1) is 4.45. The van der Waals surface area contributed by atoms with Crippen LogP contribution in [0, 0.1) is 5.82 Å². The summed E-state index contributed by atoms with van der Waals surface area (Å²) in [5.41, 5.74) is 5.48. The molecule has 0 unspecified atom stereocenters. The first-order valence-electron chi connectivity index (χ1n) is 4.83. The Morgan fingerprint density at radius 1 is 1.67 bits per heavy atom. The lowest BCUT2D eigenvalue weighted by atomic mass is 10.2. The van der Waals surface area contributed by atoms with E-state index in [1.54, 1.807) is 0 Å². The average molecular weight is 168 g/mol. The highest BCUT2D eigenvalue weighted by molar-refractivity contribution is 5.79. The molecule has 0 fully saturated rings. The van der Waals surface area contributed by atoms with Gasteiger partial charge in [0.1, 0.15) is 5.52 Å². The Labute approximate surface area is 72.8 Å². The summed E-state index contributed by atoms with van der Waals surface area (Å²) in [5.74, 6) is -0.685. The van der Waals surface area contributed by atoms with Gasteiger partial charge in [-0.3, -0.25) is 0 Å². The molecule has 0 spiro atoms. The summed E-state index contributed by atoms with van der Waals surface area (Å²) in [5, 5.41) is 0. The van der Waals surface area contributed by atoms with Crippen LogP contribution in [-0.2, 0) is 6.98 Å². The van der Waals surface area contributed by atoms with Crippen LogP contribution >= 0.6 is 0 Å². The van der Waals surface area contributed by atoms with E-state index in [-0.39, 0.29) is 16.7 Å². The normalized spacial score (nSPS) is 15.6. The van der Waals surface area contributed by atoms with Crippen LogP contribution in [0.2, 0.25) is 0 Å². The van der Waals surface area contributed by atoms with Crippen molar-refractivity contribution in [2.45, 2.75) is 0 Å². The Balaban J connectivity index is 2.78. The van der Waals surface area contributed by atoms with E-state index >= 15 is 0 Å². The summed E-state index contributed by atoms with van der Waals surface area (Å²) in [6.07, 6.45) is 1.08. The zero-order valence-electron chi connectivity index (χ0n) is 9.08. The monoisotopic (exact) mass is 168 g/mol. The molecule has 62 valence electrons. The van der Waals surface area contributed by atoms with Crippen LogP contribution in [0.3, 0.4) is 0 Å². The molecule has 0 radical (unpaired) electrons. The largest absolute Gasteiger partial charge is 0.396 e. The zero-order chi connectivity index (χ0) is 11.2. The van der Waals surface area contributed by atoms with Crippen LogP contribution < -0.4 is 5.73 Å². The lowest BCUT2D eigenvalue weighted by Crippen LogP contribution is -1.91. The van der Waals surface area contributed by atoms with E-state index in [1.165, 1.54) is 12.1 Å². The molecular formula is C8H8FN3. The number of hydrogen-bond acceptors (Lipinski definition) is 2. The molecule has 2 rings (SSSR count). The third-order valence-electron chi connectivity index (χ3n) is 1.69. The van der Waals surface area contributed by atoms with E-state index in [2.05, 4.69) is 4.98 Å². The van der Waals surface area contributed by atoms with Gasteiger partial charge in [-0.25, -0.2) is 9.37 Å². The SMILES string of the molecule is [2H]C([2H])([2H])n1cnc2c(F)c(N)ccc21. The number of nitrogens with zero attached hydrogens (tertiary/aromatic N) is 2. The van der Waals surface area contributed by atoms with Crippen molar-refractivity contribution in [1.82, 2.24) is 9.55 Å². The van der Waals surface area contributed by atoms with Crippen molar-refractivity contribution in [3.8, 4) is 0 Å². The first-order valence-corrected chi connectivity index (χ1v) is 3.33. The molecule has 0 aliphatic rings. The molecule has 1 heterocycles. The second-order valence-corrected chi connectivity index (χ2v) is 2.45. The minimum atomic E-state index is -2.36. The quantitative estimate of drug-likeness (QED) is 0.602. The van der Waals surface area contributed by atoms with Gasteiger partial charge in [0.15, 0.2) is 5.82 Å². The fourth-order valence-electron chi connectivity index (χ4n) is 1.06. The standard InChI is InChI=1S/C8H8FN3/c1-12-4-11-8-6(12)3-2-5(10)7(8)9/h2-4H,10H2,1H3/i1D3. The molecule has 1 aromatic carbocycles. The minimum Gasteiger partial charge on any atom is -0.396 e. The van der Waals surface area contributed by atoms with E-state index in [0.29, 0.717) is 0 Å². The van der Waals surface area contributed by atoms with Crippen molar-refractivity contribution in [3.63, 3.8) is 0 Å². The Bertz CT molecular complexity index is 518. The number of anilines is 1. The molecule has 12 heavy (non-hydrogen) atoms. The summed E-state index contributed by atoms with van der Waals surface area (Å²) in [7, 11) is 0. The Morgan fingerprint density at radius 2 is 2.50 bits per heavy atom. The third kappa shape index (κ3) is 0.777. The van der Waals surface area contributed by atoms with Gasteiger partial charge in [0.25, 0.3) is 0 Å². The van der Waals surface area contributed by atoms with Crippen LogP contribution in [0.25, 0.3) is 11.0 Å². The molecular weight excluding hydrogens is 157 g/mol. The number of imidazole rings is 1. The van der Waals surface area contributed by atoms with Gasteiger partial charge in [-0.1, -0.05) is 0 Å². The molecule has 0 saturated heterocycles. The molecule has 4 heteroatoms. The minimum absolute atomic E-state index is 0.0221. The number of nitrogens with two attached hydrogens (primary N) is 1. The van der Waals surface area contributed by atoms with Gasteiger partial charge in [0.05, 0.1) is 17.5 Å². The van der Waals surface area contributed by atoms with Crippen molar-refractivity contribution < 1.29 is 8.50 Å². The van der Waals surface area contributed by atoms with Gasteiger partial charge in [0, 0.05) is 11.1 Å². The van der Waals surface area contributed by atoms with Gasteiger partial charge < -0.3 is 10.3 Å². The zero-order valence-corrected chi connectivity index (χ0v) is 6.08. The molecule has 0 saturated carbocycles. The van der Waals surface area contributed by atoms with Crippen molar-refractivity contribution in [3.05, 3.63) is 24.3 Å². The number of nitrogen functional groups attached to an aromatic ring is 1. The maximum atomic E-state index is 13.4. The predicted molar refractivity (Wildman–Crippen MR) is 45.1 cm³/mol. The van der Waals surface area contributed by atoms with Crippen molar-refractivity contribution in [2.24, 2.45) is 6.98 Å². The van der Waals surface area contributed by atoms with Gasteiger partial charge in [0.2, 0.25) is 0 Å². The summed E-state index contributed by atoms with van der Waals surface area (Å²) < 4.78 is 35.9. The average Bonchev–Trinajstić information content (AvgIpc) is 2.54. The molecule has 2 N–H and O–H groups in total. The van der Waals surface area contributed by atoms with Gasteiger partial charge >= 0.3 is 0 Å². The highest BCUT2D eigenvalue weighted by Gasteiger charge is 2.07. The Morgan fingerprint density at radius 3 is 3.25 bits per heavy atom. The number of aromatic nitrogens is 2. The van der Waals surface area contributed by atoms with E-state index in [0.717, 1.165) is 10.9 Å². The Hall–Kier alpha value is -1.58. The van der Waals surface area contributed by atoms with Crippen molar-refractivity contribution >= 4 is 16.7 Å². The molecule has 0 aliphatic heterocycles. The number of benzene rings is 1. The van der Waals surface area contributed by atoms with Crippen molar-refractivity contribution in [2.75, 3.05) is 5.73 Å². The molecule has 0 bridgehead atoms. The number of halogens is 1. The van der Waals surface area contributed by atoms with E-state index in [1.807, 2.05) is 0 Å². The first-order chi connectivity index (χ1) is 6.91. The van der Waals surface area contributed by atoms with E-state index < -0.39 is 12.8 Å². The van der Waals surface area contributed by atoms with Crippen LogP contribution in [-0.4, -0.2) is 9.55 Å². The van der Waals surface area contributed by atoms with Gasteiger partial charge in [-0.15, -0.1) is 0 Å². The molecule has 3 nitrogen and oxygen atoms in total. The lowest BCUT2D eigenvalue weighted by molar-refractivity contribution is 0.642. The number of rotatable bonds is 0. The maximum Gasteiger partial charge on any atom is 0.173 e. The number of fused-ring (bicyclic) bond motifs is 1. The van der Waals surface area contributed by atoms with Gasteiger partial charge in [-0.05, 0) is 12.1 Å². The second-order valence-electron chi connectivity index (χ2n) is 2.45. The maximum absolute atomic E-state index is 13.4. The fourth-order valence-corrected chi connectivity index (χ4v) is 1.06. The summed E-state index contributed by atoms with van der Waals surface area (Å²) in [6, 6.07) is 2.76. The van der Waals surface area contributed by atoms with Crippen LogP contribution in [0.1, 0.15) is 4.11 Å². The van der Waals surface area contributed by atoms with Gasteiger partial charge in [-0.2, -0.15) is 0 Å². The van der Waals surface area contributed by atoms with Crippen molar-refractivity contribution in [1.29, 1.82) is 0 Å². The third-order valence-corrected chi connectivity index (χ3v) is 1.69. The predicted octanol–water partition coefficient (Wildman–Crippen LogP) is 1.29. The highest BCUT2D eigenvalue weighted by Crippen LogP contribution is 2.20. The summed E-state index contributed by atoms with van der Waals surface area (Å²) >= 11 is 0. The summed E-state index contributed by atoms with van der Waals surface area (Å²) in [6.45, 7) is -2.36. The molecule has 2 aromatic rings. The lowest BCUT2D eigenvalue weighted by Gasteiger charge is -1.97. The molecule has 0 aliphatic carbocycles. The molecule has 0 atom stereocenters.